The van der Waals surface area contributed by atoms with E-state index >= 15 is 0 Å². The van der Waals surface area contributed by atoms with Gasteiger partial charge in [-0.05, 0) is 12.1 Å². The van der Waals surface area contributed by atoms with E-state index in [1.165, 1.54) is 6.07 Å². The van der Waals surface area contributed by atoms with Crippen LogP contribution < -0.4 is 10.2 Å². The van der Waals surface area contributed by atoms with Gasteiger partial charge in [0.05, 0.1) is 35.8 Å². The maximum atomic E-state index is 13.8. The highest BCUT2D eigenvalue weighted by Gasteiger charge is 2.45. The Hall–Kier alpha value is -1.63. The van der Waals surface area contributed by atoms with Crippen LogP contribution in [0.2, 0.25) is 0 Å². The molecule has 3 rings (SSSR count). The third-order valence-electron chi connectivity index (χ3n) is 3.55. The fourth-order valence-electron chi connectivity index (χ4n) is 2.75. The number of piperazine rings is 1. The van der Waals surface area contributed by atoms with Crippen molar-refractivity contribution in [2.24, 2.45) is 0 Å². The lowest BCUT2D eigenvalue weighted by atomic mass is 10.1. The molecule has 2 heterocycles. The Kier molecular flexibility index (Phi) is 2.74. The van der Waals surface area contributed by atoms with Crippen molar-refractivity contribution in [1.82, 2.24) is 5.32 Å². The zero-order valence-corrected chi connectivity index (χ0v) is 10.9. The average Bonchev–Trinajstić information content (AvgIpc) is 2.63. The van der Waals surface area contributed by atoms with Gasteiger partial charge in [0.15, 0.2) is 9.84 Å². The van der Waals surface area contributed by atoms with Crippen molar-refractivity contribution in [2.75, 3.05) is 23.0 Å². The number of nitrogens with zero attached hydrogens (tertiary/aromatic N) is 1. The van der Waals surface area contributed by atoms with E-state index in [-0.39, 0.29) is 35.7 Å². The van der Waals surface area contributed by atoms with Gasteiger partial charge in [0, 0.05) is 0 Å². The Labute approximate surface area is 110 Å². The lowest BCUT2D eigenvalue weighted by Crippen LogP contribution is -2.60. The van der Waals surface area contributed by atoms with Gasteiger partial charge in [-0.3, -0.25) is 4.79 Å². The molecule has 2 aliphatic rings. The fraction of sp³-hybridized carbons (Fsp3) is 0.417. The molecular weight excluding hydrogens is 271 g/mol. The monoisotopic (exact) mass is 284 g/mol. The molecule has 1 aromatic rings. The lowest BCUT2D eigenvalue weighted by Gasteiger charge is -2.38. The molecule has 1 N–H and O–H groups in total. The minimum Gasteiger partial charge on any atom is -0.354 e. The third kappa shape index (κ3) is 2.18. The van der Waals surface area contributed by atoms with Gasteiger partial charge in [-0.1, -0.05) is 12.1 Å². The van der Waals surface area contributed by atoms with E-state index in [9.17, 15) is 17.6 Å². The van der Waals surface area contributed by atoms with Gasteiger partial charge in [-0.25, -0.2) is 12.8 Å². The quantitative estimate of drug-likeness (QED) is 0.784. The van der Waals surface area contributed by atoms with Crippen LogP contribution in [0, 0.1) is 5.82 Å². The third-order valence-corrected chi connectivity index (χ3v) is 5.26. The molecule has 2 aliphatic heterocycles. The summed E-state index contributed by atoms with van der Waals surface area (Å²) in [6, 6.07) is 5.26. The van der Waals surface area contributed by atoms with Crippen LogP contribution in [0.1, 0.15) is 0 Å². The van der Waals surface area contributed by atoms with Gasteiger partial charge in [-0.15, -0.1) is 0 Å². The Morgan fingerprint density at radius 1 is 1.26 bits per heavy atom. The molecule has 2 atom stereocenters. The maximum Gasteiger partial charge on any atom is 0.239 e. The number of anilines is 1. The van der Waals surface area contributed by atoms with Gasteiger partial charge in [0.1, 0.15) is 5.82 Å². The summed E-state index contributed by atoms with van der Waals surface area (Å²) in [5, 5.41) is 2.67. The summed E-state index contributed by atoms with van der Waals surface area (Å²) in [5.74, 6) is -0.845. The molecule has 0 aromatic heterocycles. The first kappa shape index (κ1) is 12.4. The van der Waals surface area contributed by atoms with Crippen molar-refractivity contribution in [3.63, 3.8) is 0 Å². The topological polar surface area (TPSA) is 66.5 Å². The molecule has 19 heavy (non-hydrogen) atoms. The van der Waals surface area contributed by atoms with E-state index in [2.05, 4.69) is 5.32 Å². The second-order valence-corrected chi connectivity index (χ2v) is 7.05. The number of nitrogens with one attached hydrogen (secondary N) is 1. The van der Waals surface area contributed by atoms with Crippen LogP contribution in [-0.2, 0) is 14.6 Å². The number of halogens is 1. The normalized spacial score (nSPS) is 28.9. The molecule has 0 unspecified atom stereocenters. The summed E-state index contributed by atoms with van der Waals surface area (Å²) >= 11 is 0. The van der Waals surface area contributed by atoms with Crippen LogP contribution in [0.15, 0.2) is 24.3 Å². The van der Waals surface area contributed by atoms with E-state index in [1.54, 1.807) is 23.1 Å². The predicted molar refractivity (Wildman–Crippen MR) is 68.1 cm³/mol. The Morgan fingerprint density at radius 2 is 2.00 bits per heavy atom. The molecule has 0 bridgehead atoms. The number of rotatable bonds is 1. The number of benzene rings is 1. The first-order valence-electron chi connectivity index (χ1n) is 5.97. The number of hydrogen-bond donors (Lipinski definition) is 1. The van der Waals surface area contributed by atoms with Crippen molar-refractivity contribution in [1.29, 1.82) is 0 Å². The maximum absolute atomic E-state index is 13.8. The summed E-state index contributed by atoms with van der Waals surface area (Å²) < 4.78 is 37.2. The molecule has 0 spiro atoms. The SMILES string of the molecule is O=C1CN(c2ccccc2F)[C@H]2CS(=O)(=O)C[C@@H]2N1. The van der Waals surface area contributed by atoms with Crippen molar-refractivity contribution >= 4 is 21.4 Å². The van der Waals surface area contributed by atoms with E-state index in [1.807, 2.05) is 0 Å². The van der Waals surface area contributed by atoms with Crippen molar-refractivity contribution in [2.45, 2.75) is 12.1 Å². The van der Waals surface area contributed by atoms with Crippen molar-refractivity contribution in [3.05, 3.63) is 30.1 Å². The zero-order chi connectivity index (χ0) is 13.6. The number of fused-ring (bicyclic) bond motifs is 1. The van der Waals surface area contributed by atoms with Crippen molar-refractivity contribution in [3.8, 4) is 0 Å². The van der Waals surface area contributed by atoms with Crippen molar-refractivity contribution < 1.29 is 17.6 Å². The Balaban J connectivity index is 2.01. The van der Waals surface area contributed by atoms with E-state index in [0.29, 0.717) is 0 Å². The number of carbonyl (C=O) groups is 1. The van der Waals surface area contributed by atoms with E-state index in [4.69, 9.17) is 0 Å². The molecule has 1 aromatic carbocycles. The number of amides is 1. The van der Waals surface area contributed by atoms with E-state index < -0.39 is 21.7 Å². The highest BCUT2D eigenvalue weighted by atomic mass is 32.2. The van der Waals surface area contributed by atoms with E-state index in [0.717, 1.165) is 0 Å². The minimum absolute atomic E-state index is 0.0162. The van der Waals surface area contributed by atoms with Crippen LogP contribution in [0.5, 0.6) is 0 Å². The van der Waals surface area contributed by atoms with Crippen LogP contribution in [-0.4, -0.2) is 44.5 Å². The summed E-state index contributed by atoms with van der Waals surface area (Å²) in [6.45, 7) is -0.0162. The number of hydrogen-bond acceptors (Lipinski definition) is 4. The summed E-state index contributed by atoms with van der Waals surface area (Å²) in [4.78, 5) is 13.2. The fourth-order valence-corrected chi connectivity index (χ4v) is 4.67. The van der Waals surface area contributed by atoms with Gasteiger partial charge < -0.3 is 10.2 Å². The molecule has 2 fully saturated rings. The molecule has 102 valence electrons. The zero-order valence-electron chi connectivity index (χ0n) is 10.0. The Morgan fingerprint density at radius 3 is 2.74 bits per heavy atom. The van der Waals surface area contributed by atoms with Gasteiger partial charge in [0.25, 0.3) is 0 Å². The molecule has 7 heteroatoms. The summed E-state index contributed by atoms with van der Waals surface area (Å²) in [7, 11) is -3.18. The predicted octanol–water partition coefficient (Wildman–Crippen LogP) is -0.0725. The number of sulfone groups is 1. The molecule has 0 radical (unpaired) electrons. The second kappa shape index (κ2) is 4.19. The molecular formula is C12H13FN2O3S. The Bertz CT molecular complexity index is 632. The smallest absolute Gasteiger partial charge is 0.239 e. The number of carbonyl (C=O) groups excluding carboxylic acids is 1. The number of para-hydroxylation sites is 1. The molecule has 2 saturated heterocycles. The second-order valence-electron chi connectivity index (χ2n) is 4.90. The minimum atomic E-state index is -3.18. The van der Waals surface area contributed by atoms with Gasteiger partial charge in [-0.2, -0.15) is 0 Å². The first-order chi connectivity index (χ1) is 8.96. The molecule has 1 amide bonds. The van der Waals surface area contributed by atoms with Crippen LogP contribution >= 0.6 is 0 Å². The highest BCUT2D eigenvalue weighted by Crippen LogP contribution is 2.28. The van der Waals surface area contributed by atoms with Gasteiger partial charge in [0.2, 0.25) is 5.91 Å². The molecule has 0 saturated carbocycles. The standard InChI is InChI=1S/C12H13FN2O3S/c13-8-3-1-2-4-10(8)15-5-12(16)14-9-6-19(17,18)7-11(9)15/h1-4,9,11H,5-7H2,(H,14,16)/t9-,11-/m0/s1. The largest absolute Gasteiger partial charge is 0.354 e. The summed E-state index contributed by atoms with van der Waals surface area (Å²) in [6.07, 6.45) is 0. The van der Waals surface area contributed by atoms with Gasteiger partial charge >= 0.3 is 0 Å². The van der Waals surface area contributed by atoms with Crippen LogP contribution in [0.3, 0.4) is 0 Å². The highest BCUT2D eigenvalue weighted by molar-refractivity contribution is 7.91. The van der Waals surface area contributed by atoms with Crippen LogP contribution in [0.4, 0.5) is 10.1 Å². The molecule has 0 aliphatic carbocycles. The van der Waals surface area contributed by atoms with Crippen LogP contribution in [0.25, 0.3) is 0 Å². The first-order valence-corrected chi connectivity index (χ1v) is 7.79. The lowest BCUT2D eigenvalue weighted by molar-refractivity contribution is -0.121. The molecule has 5 nitrogen and oxygen atoms in total. The summed E-state index contributed by atoms with van der Waals surface area (Å²) in [5.41, 5.74) is 0.282. The average molecular weight is 284 g/mol.